The predicted molar refractivity (Wildman–Crippen MR) is 117 cm³/mol. The molecule has 0 unspecified atom stereocenters. The highest BCUT2D eigenvalue weighted by molar-refractivity contribution is 5.79. The molecular formula is C24H24N4O3. The molecule has 1 aliphatic rings. The molecule has 0 aliphatic heterocycles. The van der Waals surface area contributed by atoms with Crippen LogP contribution in [0, 0.1) is 0 Å². The van der Waals surface area contributed by atoms with Crippen molar-refractivity contribution >= 4 is 28.4 Å². The van der Waals surface area contributed by atoms with Gasteiger partial charge in [0.25, 0.3) is 0 Å². The molecule has 0 spiro atoms. The number of hydrogen-bond donors (Lipinski definition) is 2. The largest absolute Gasteiger partial charge is 0.440 e. The predicted octanol–water partition coefficient (Wildman–Crippen LogP) is 5.42. The maximum absolute atomic E-state index is 11.2. The fourth-order valence-corrected chi connectivity index (χ4v) is 4.02. The van der Waals surface area contributed by atoms with Crippen molar-refractivity contribution in [3.63, 3.8) is 0 Å². The summed E-state index contributed by atoms with van der Waals surface area (Å²) >= 11 is 0. The minimum absolute atomic E-state index is 0.0905. The molecule has 2 heterocycles. The van der Waals surface area contributed by atoms with E-state index >= 15 is 0 Å². The molecule has 2 aromatic carbocycles. The second-order valence-corrected chi connectivity index (χ2v) is 8.17. The van der Waals surface area contributed by atoms with Gasteiger partial charge in [0.1, 0.15) is 5.52 Å². The Morgan fingerprint density at radius 1 is 1.06 bits per heavy atom. The van der Waals surface area contributed by atoms with E-state index in [0.717, 1.165) is 46.9 Å². The van der Waals surface area contributed by atoms with Crippen LogP contribution in [0.25, 0.3) is 11.1 Å². The van der Waals surface area contributed by atoms with Gasteiger partial charge in [0.15, 0.2) is 17.2 Å². The van der Waals surface area contributed by atoms with Crippen LogP contribution >= 0.6 is 0 Å². The number of aromatic nitrogens is 2. The van der Waals surface area contributed by atoms with Crippen molar-refractivity contribution in [3.05, 3.63) is 71.9 Å². The number of benzene rings is 2. The molecule has 0 saturated heterocycles. The lowest BCUT2D eigenvalue weighted by Gasteiger charge is -2.31. The van der Waals surface area contributed by atoms with E-state index in [-0.39, 0.29) is 17.9 Å². The molecule has 31 heavy (non-hydrogen) atoms. The highest BCUT2D eigenvalue weighted by Gasteiger charge is 2.37. The van der Waals surface area contributed by atoms with Gasteiger partial charge in [-0.2, -0.15) is 0 Å². The number of nitrogens with zero attached hydrogens (tertiary/aromatic N) is 2. The van der Waals surface area contributed by atoms with Crippen molar-refractivity contribution in [3.8, 4) is 0 Å². The number of carbonyl (C=O) groups is 1. The van der Waals surface area contributed by atoms with Crippen LogP contribution in [0.3, 0.4) is 0 Å². The number of fused-ring (bicyclic) bond motifs is 1. The third-order valence-electron chi connectivity index (χ3n) is 5.77. The first-order valence-electron chi connectivity index (χ1n) is 10.5. The molecule has 1 aliphatic carbocycles. The number of rotatable bonds is 6. The van der Waals surface area contributed by atoms with E-state index < -0.39 is 0 Å². The summed E-state index contributed by atoms with van der Waals surface area (Å²) in [6.45, 7) is 3.37. The fourth-order valence-electron chi connectivity index (χ4n) is 4.02. The van der Waals surface area contributed by atoms with E-state index in [4.69, 9.17) is 13.9 Å². The second-order valence-electron chi connectivity index (χ2n) is 8.17. The van der Waals surface area contributed by atoms with Gasteiger partial charge >= 0.3 is 0 Å². The Hall–Kier alpha value is -3.61. The van der Waals surface area contributed by atoms with E-state index in [1.165, 1.54) is 6.92 Å². The quantitative estimate of drug-likeness (QED) is 0.436. The molecule has 158 valence electrons. The number of hydrogen-bond acceptors (Lipinski definition) is 6. The zero-order valence-electron chi connectivity index (χ0n) is 17.5. The molecule has 7 heteroatoms. The summed E-state index contributed by atoms with van der Waals surface area (Å²) in [6.07, 6.45) is 1.84. The van der Waals surface area contributed by atoms with Gasteiger partial charge < -0.3 is 19.6 Å². The topological polar surface area (TPSA) is 93.2 Å². The molecule has 1 atom stereocenters. The molecule has 5 rings (SSSR count). The fraction of sp³-hybridized carbons (Fsp3) is 0.292. The van der Waals surface area contributed by atoms with Gasteiger partial charge in [0, 0.05) is 42.3 Å². The van der Waals surface area contributed by atoms with Gasteiger partial charge in [-0.05, 0) is 44.0 Å². The molecule has 2 aromatic heterocycles. The van der Waals surface area contributed by atoms with E-state index in [1.807, 2.05) is 61.5 Å². The van der Waals surface area contributed by atoms with Gasteiger partial charge in [-0.25, -0.2) is 4.98 Å². The Labute approximate surface area is 179 Å². The molecule has 7 nitrogen and oxygen atoms in total. The average Bonchev–Trinajstić information content (AvgIpc) is 3.34. The van der Waals surface area contributed by atoms with Gasteiger partial charge in [-0.1, -0.05) is 23.4 Å². The zero-order valence-corrected chi connectivity index (χ0v) is 17.5. The van der Waals surface area contributed by atoms with E-state index in [0.29, 0.717) is 11.7 Å². The number of para-hydroxylation sites is 1. The first kappa shape index (κ1) is 19.4. The monoisotopic (exact) mass is 416 g/mol. The van der Waals surface area contributed by atoms with Crippen molar-refractivity contribution in [2.45, 2.75) is 44.6 Å². The minimum atomic E-state index is -0.189. The second kappa shape index (κ2) is 7.91. The van der Waals surface area contributed by atoms with Crippen molar-refractivity contribution in [2.24, 2.45) is 0 Å². The van der Waals surface area contributed by atoms with Crippen LogP contribution in [0.2, 0.25) is 0 Å². The summed E-state index contributed by atoms with van der Waals surface area (Å²) in [5, 5.41) is 10.4. The maximum atomic E-state index is 11.2. The Morgan fingerprint density at radius 2 is 1.87 bits per heavy atom. The van der Waals surface area contributed by atoms with Crippen LogP contribution in [0.4, 0.5) is 11.4 Å². The van der Waals surface area contributed by atoms with Crippen LogP contribution in [0.5, 0.6) is 0 Å². The zero-order chi connectivity index (χ0) is 21.4. The first-order valence-corrected chi connectivity index (χ1v) is 10.5. The van der Waals surface area contributed by atoms with Crippen molar-refractivity contribution < 1.29 is 13.7 Å². The summed E-state index contributed by atoms with van der Waals surface area (Å²) in [4.78, 5) is 15.9. The molecule has 4 aromatic rings. The lowest BCUT2D eigenvalue weighted by atomic mass is 9.73. The van der Waals surface area contributed by atoms with E-state index in [1.54, 1.807) is 0 Å². The highest BCUT2D eigenvalue weighted by atomic mass is 16.5. The molecule has 1 amide bonds. The number of amides is 1. The summed E-state index contributed by atoms with van der Waals surface area (Å²) in [7, 11) is 0. The molecule has 1 fully saturated rings. The van der Waals surface area contributed by atoms with Crippen LogP contribution < -0.4 is 10.6 Å². The van der Waals surface area contributed by atoms with Crippen LogP contribution in [0.1, 0.15) is 61.9 Å². The average molecular weight is 416 g/mol. The third-order valence-corrected chi connectivity index (χ3v) is 5.77. The summed E-state index contributed by atoms with van der Waals surface area (Å²) in [6, 6.07) is 17.8. The number of carbonyl (C=O) groups excluding carboxylic acids is 1. The molecule has 1 saturated carbocycles. The third kappa shape index (κ3) is 4.03. The van der Waals surface area contributed by atoms with Crippen molar-refractivity contribution in [2.75, 3.05) is 5.32 Å². The summed E-state index contributed by atoms with van der Waals surface area (Å²) in [5.74, 6) is 1.95. The minimum Gasteiger partial charge on any atom is -0.440 e. The standard InChI is InChI=1S/C24H24N4O3/c1-14(25-15(2)29)22-13-21(28-31-22)16-10-17(11-16)24-27-20-9-8-19(12-23(20)30-24)26-18-6-4-3-5-7-18/h3-9,12-14,16-17,26H,10-11H2,1-2H3,(H,25,29)/t14-,16?,17?/m0/s1. The smallest absolute Gasteiger partial charge is 0.217 e. The van der Waals surface area contributed by atoms with Crippen LogP contribution in [0.15, 0.2) is 63.5 Å². The number of anilines is 2. The van der Waals surface area contributed by atoms with Crippen molar-refractivity contribution in [1.82, 2.24) is 15.5 Å². The molecule has 2 N–H and O–H groups in total. The SMILES string of the molecule is CC(=O)N[C@@H](C)c1cc(C2CC(c3nc4ccc(Nc5ccccc5)cc4o3)C2)no1. The molecule has 0 bridgehead atoms. The van der Waals surface area contributed by atoms with E-state index in [9.17, 15) is 4.79 Å². The molecular weight excluding hydrogens is 392 g/mol. The Bertz CT molecular complexity index is 1210. The first-order chi connectivity index (χ1) is 15.0. The highest BCUT2D eigenvalue weighted by Crippen LogP contribution is 2.47. The van der Waals surface area contributed by atoms with Crippen molar-refractivity contribution in [1.29, 1.82) is 0 Å². The Kier molecular flexibility index (Phi) is 4.94. The van der Waals surface area contributed by atoms with Gasteiger partial charge in [-0.15, -0.1) is 0 Å². The van der Waals surface area contributed by atoms with E-state index in [2.05, 4.69) is 15.8 Å². The van der Waals surface area contributed by atoms with Gasteiger partial charge in [-0.3, -0.25) is 4.79 Å². The Balaban J connectivity index is 1.24. The van der Waals surface area contributed by atoms with Gasteiger partial charge in [0.05, 0.1) is 11.7 Å². The number of oxazole rings is 1. The summed E-state index contributed by atoms with van der Waals surface area (Å²) in [5.41, 5.74) is 4.57. The van der Waals surface area contributed by atoms with Crippen LogP contribution in [-0.2, 0) is 4.79 Å². The lowest BCUT2D eigenvalue weighted by Crippen LogP contribution is -2.23. The normalized spacial score (nSPS) is 19.0. The van der Waals surface area contributed by atoms with Gasteiger partial charge in [0.2, 0.25) is 5.91 Å². The number of nitrogens with one attached hydrogen (secondary N) is 2. The molecule has 0 radical (unpaired) electrons. The summed E-state index contributed by atoms with van der Waals surface area (Å²) < 4.78 is 11.5. The van der Waals surface area contributed by atoms with Crippen LogP contribution in [-0.4, -0.2) is 16.0 Å². The lowest BCUT2D eigenvalue weighted by molar-refractivity contribution is -0.119. The maximum Gasteiger partial charge on any atom is 0.217 e. The Morgan fingerprint density at radius 3 is 2.65 bits per heavy atom.